The number of rotatable bonds is 6. The molecule has 0 atom stereocenters. The fourth-order valence-electron chi connectivity index (χ4n) is 3.27. The number of benzene rings is 1. The van der Waals surface area contributed by atoms with Crippen molar-refractivity contribution in [3.8, 4) is 0 Å². The molecule has 0 radical (unpaired) electrons. The van der Waals surface area contributed by atoms with E-state index < -0.39 is 12.1 Å². The van der Waals surface area contributed by atoms with Crippen molar-refractivity contribution in [3.63, 3.8) is 0 Å². The first kappa shape index (κ1) is 21.3. The minimum Gasteiger partial charge on any atom is -0.378 e. The van der Waals surface area contributed by atoms with Crippen LogP contribution in [0.15, 0.2) is 41.5 Å². The summed E-state index contributed by atoms with van der Waals surface area (Å²) in [4.78, 5) is 23.1. The summed E-state index contributed by atoms with van der Waals surface area (Å²) >= 11 is 0. The lowest BCUT2D eigenvalue weighted by molar-refractivity contribution is 0.181. The van der Waals surface area contributed by atoms with E-state index in [-0.39, 0.29) is 12.4 Å². The highest BCUT2D eigenvalue weighted by Crippen LogP contribution is 2.25. The van der Waals surface area contributed by atoms with E-state index in [4.69, 9.17) is 16.2 Å². The van der Waals surface area contributed by atoms with E-state index in [0.717, 1.165) is 24.5 Å². The Hall–Kier alpha value is -3.40. The molecule has 1 aliphatic rings. The third-order valence-electron chi connectivity index (χ3n) is 4.76. The van der Waals surface area contributed by atoms with Crippen molar-refractivity contribution in [1.82, 2.24) is 4.98 Å². The molecule has 1 saturated heterocycles. The number of anilines is 2. The van der Waals surface area contributed by atoms with Gasteiger partial charge in [0.1, 0.15) is 0 Å². The molecule has 3 rings (SSSR count). The number of carbonyl (C=O) groups is 1. The van der Waals surface area contributed by atoms with Crippen molar-refractivity contribution >= 4 is 23.5 Å². The number of aliphatic imine (C=N–C) groups is 1. The zero-order valence-electron chi connectivity index (χ0n) is 16.8. The molecule has 4 N–H and O–H groups in total. The van der Waals surface area contributed by atoms with Crippen LogP contribution in [0, 0.1) is 5.82 Å². The summed E-state index contributed by atoms with van der Waals surface area (Å²) in [5, 5.41) is 0. The van der Waals surface area contributed by atoms with Crippen molar-refractivity contribution in [2.45, 2.75) is 13.2 Å². The average Bonchev–Trinajstić information content (AvgIpc) is 2.73. The largest absolute Gasteiger partial charge is 0.412 e. The number of methoxy groups -OCH3 is 1. The van der Waals surface area contributed by atoms with Crippen LogP contribution in [-0.4, -0.2) is 50.4 Å². The van der Waals surface area contributed by atoms with Crippen molar-refractivity contribution < 1.29 is 18.7 Å². The Bertz CT molecular complexity index is 898. The lowest BCUT2D eigenvalue weighted by Crippen LogP contribution is -2.47. The third kappa shape index (κ3) is 5.35. The summed E-state index contributed by atoms with van der Waals surface area (Å²) < 4.78 is 24.5. The molecule has 1 fully saturated rings. The van der Waals surface area contributed by atoms with Crippen LogP contribution in [-0.2, 0) is 22.6 Å². The van der Waals surface area contributed by atoms with Crippen LogP contribution in [0.1, 0.15) is 11.3 Å². The molecule has 0 aliphatic carbocycles. The number of amidine groups is 1. The minimum atomic E-state index is -1.06. The van der Waals surface area contributed by atoms with Crippen LogP contribution in [0.4, 0.5) is 20.6 Å². The van der Waals surface area contributed by atoms with Crippen molar-refractivity contribution in [2.75, 3.05) is 43.1 Å². The molecule has 0 unspecified atom stereocenters. The number of amides is 1. The lowest BCUT2D eigenvalue weighted by atomic mass is 10.1. The Labute approximate surface area is 174 Å². The van der Waals surface area contributed by atoms with E-state index in [1.54, 1.807) is 25.3 Å². The van der Waals surface area contributed by atoms with Crippen molar-refractivity contribution in [3.05, 3.63) is 53.6 Å². The van der Waals surface area contributed by atoms with Crippen LogP contribution >= 0.6 is 0 Å². The zero-order valence-corrected chi connectivity index (χ0v) is 16.8. The molecule has 1 amide bonds. The van der Waals surface area contributed by atoms with E-state index in [0.29, 0.717) is 30.9 Å². The number of carbonyl (C=O) groups excluding carboxylic acids is 1. The van der Waals surface area contributed by atoms with Gasteiger partial charge in [0.2, 0.25) is 0 Å². The second-order valence-electron chi connectivity index (χ2n) is 6.74. The molecule has 10 heteroatoms. The highest BCUT2D eigenvalue weighted by Gasteiger charge is 2.21. The molecule has 2 aromatic rings. The van der Waals surface area contributed by atoms with Gasteiger partial charge in [-0.1, -0.05) is 12.1 Å². The first-order valence-electron chi connectivity index (χ1n) is 9.46. The number of pyridine rings is 1. The van der Waals surface area contributed by atoms with Gasteiger partial charge in [-0.05, 0) is 18.2 Å². The smallest absolute Gasteiger partial charge is 0.378 e. The van der Waals surface area contributed by atoms with Gasteiger partial charge in [-0.25, -0.2) is 14.2 Å². The number of nitrogens with two attached hydrogens (primary N) is 2. The van der Waals surface area contributed by atoms with Gasteiger partial charge in [0.05, 0.1) is 36.4 Å². The number of piperazine rings is 1. The molecule has 2 heterocycles. The molecule has 9 nitrogen and oxygen atoms in total. The summed E-state index contributed by atoms with van der Waals surface area (Å²) in [5.74, 6) is -0.368. The number of primary amides is 1. The van der Waals surface area contributed by atoms with Gasteiger partial charge in [0, 0.05) is 38.9 Å². The van der Waals surface area contributed by atoms with Gasteiger partial charge in [-0.2, -0.15) is 0 Å². The molecular weight excluding hydrogens is 391 g/mol. The van der Waals surface area contributed by atoms with Gasteiger partial charge in [0.25, 0.3) is 6.02 Å². The van der Waals surface area contributed by atoms with Crippen LogP contribution in [0.3, 0.4) is 0 Å². The van der Waals surface area contributed by atoms with E-state index in [2.05, 4.69) is 19.6 Å². The molecule has 0 bridgehead atoms. The molecule has 1 aromatic carbocycles. The van der Waals surface area contributed by atoms with Crippen molar-refractivity contribution in [1.29, 1.82) is 0 Å². The molecule has 160 valence electrons. The maximum absolute atomic E-state index is 15.0. The first-order chi connectivity index (χ1) is 14.5. The highest BCUT2D eigenvalue weighted by atomic mass is 19.1. The number of ether oxygens (including phenoxy) is 2. The zero-order chi connectivity index (χ0) is 21.5. The first-order valence-corrected chi connectivity index (χ1v) is 9.46. The fraction of sp³-hybridized carbons (Fsp3) is 0.350. The van der Waals surface area contributed by atoms with Gasteiger partial charge in [-0.15, -0.1) is 0 Å². The quantitative estimate of drug-likeness (QED) is 0.542. The van der Waals surface area contributed by atoms with Gasteiger partial charge >= 0.3 is 6.09 Å². The Morgan fingerprint density at radius 2 is 1.90 bits per heavy atom. The van der Waals surface area contributed by atoms with Crippen LogP contribution in [0.5, 0.6) is 0 Å². The second-order valence-corrected chi connectivity index (χ2v) is 6.74. The van der Waals surface area contributed by atoms with Gasteiger partial charge in [-0.3, -0.25) is 4.98 Å². The van der Waals surface area contributed by atoms with Gasteiger partial charge < -0.3 is 30.7 Å². The van der Waals surface area contributed by atoms with E-state index >= 15 is 0 Å². The van der Waals surface area contributed by atoms with Crippen LogP contribution < -0.4 is 21.3 Å². The maximum Gasteiger partial charge on any atom is 0.412 e. The molecule has 0 spiro atoms. The second kappa shape index (κ2) is 9.88. The number of aromatic nitrogens is 1. The lowest BCUT2D eigenvalue weighted by Gasteiger charge is -2.37. The Balaban J connectivity index is 1.63. The Morgan fingerprint density at radius 3 is 2.53 bits per heavy atom. The minimum absolute atomic E-state index is 0.0573. The fourth-order valence-corrected chi connectivity index (χ4v) is 3.27. The van der Waals surface area contributed by atoms with E-state index in [9.17, 15) is 9.18 Å². The Morgan fingerprint density at radius 1 is 1.17 bits per heavy atom. The number of halogens is 1. The third-order valence-corrected chi connectivity index (χ3v) is 4.76. The number of hydrogen-bond acceptors (Lipinski definition) is 7. The van der Waals surface area contributed by atoms with Crippen molar-refractivity contribution in [2.24, 2.45) is 16.5 Å². The molecule has 1 aliphatic heterocycles. The predicted molar refractivity (Wildman–Crippen MR) is 112 cm³/mol. The predicted octanol–water partition coefficient (Wildman–Crippen LogP) is 1.60. The topological polar surface area (TPSA) is 119 Å². The molecule has 0 saturated carbocycles. The standard InChI is InChI=1S/C20H25FN6O3/c1-29-13-15-5-6-16(12-24-15)26-7-9-27(10-8-26)17-4-2-3-14(18(17)21)11-25-19(22)30-20(23)28/h2-6,12H,7-11,13H2,1H3,(H2,22,25)(H2,23,28). The number of hydrogen-bond donors (Lipinski definition) is 2. The van der Waals surface area contributed by atoms with Gasteiger partial charge in [0.15, 0.2) is 5.82 Å². The normalized spacial score (nSPS) is 14.7. The average molecular weight is 416 g/mol. The number of nitrogens with zero attached hydrogens (tertiary/aromatic N) is 4. The van der Waals surface area contributed by atoms with E-state index in [1.165, 1.54) is 0 Å². The maximum atomic E-state index is 15.0. The Kier molecular flexibility index (Phi) is 7.02. The highest BCUT2D eigenvalue weighted by molar-refractivity contribution is 5.84. The van der Waals surface area contributed by atoms with Crippen LogP contribution in [0.25, 0.3) is 0 Å². The molecular formula is C20H25FN6O3. The molecule has 1 aromatic heterocycles. The summed E-state index contributed by atoms with van der Waals surface area (Å²) in [5.41, 5.74) is 13.1. The monoisotopic (exact) mass is 416 g/mol. The summed E-state index contributed by atoms with van der Waals surface area (Å²) in [7, 11) is 1.64. The summed E-state index contributed by atoms with van der Waals surface area (Å²) in [6.07, 6.45) is 0.772. The van der Waals surface area contributed by atoms with Crippen LogP contribution in [0.2, 0.25) is 0 Å². The summed E-state index contributed by atoms with van der Waals surface area (Å²) in [6, 6.07) is 8.69. The molecule has 30 heavy (non-hydrogen) atoms. The SMILES string of the molecule is COCc1ccc(N2CCN(c3cccc(CN=C(N)OC(N)=O)c3F)CC2)cn1. The van der Waals surface area contributed by atoms with E-state index in [1.807, 2.05) is 23.2 Å². The summed E-state index contributed by atoms with van der Waals surface area (Å²) in [6.45, 7) is 3.23.